The van der Waals surface area contributed by atoms with Crippen molar-refractivity contribution in [1.29, 1.82) is 0 Å². The van der Waals surface area contributed by atoms with Gasteiger partial charge in [0.25, 0.3) is 0 Å². The van der Waals surface area contributed by atoms with Crippen molar-refractivity contribution in [3.05, 3.63) is 47.5 Å². The predicted octanol–water partition coefficient (Wildman–Crippen LogP) is -14.0. The molecule has 2 aromatic heterocycles. The summed E-state index contributed by atoms with van der Waals surface area (Å²) in [5, 5.41) is 39.1. The summed E-state index contributed by atoms with van der Waals surface area (Å²) in [6.45, 7) is -1.31. The number of nitrogens with zero attached hydrogens (tertiary/aromatic N) is 8. The van der Waals surface area contributed by atoms with Gasteiger partial charge in [0.1, 0.15) is 27.2 Å². The summed E-state index contributed by atoms with van der Waals surface area (Å²) in [4.78, 5) is 27.0. The van der Waals surface area contributed by atoms with E-state index >= 15 is 0 Å². The van der Waals surface area contributed by atoms with E-state index in [1.807, 2.05) is 0 Å². The van der Waals surface area contributed by atoms with E-state index in [-0.39, 0.29) is 228 Å². The van der Waals surface area contributed by atoms with E-state index in [1.165, 1.54) is 66.4 Å². The average Bonchev–Trinajstić information content (AvgIpc) is 3.21. The van der Waals surface area contributed by atoms with Gasteiger partial charge in [-0.3, -0.25) is 0 Å². The van der Waals surface area contributed by atoms with E-state index in [0.717, 1.165) is 6.07 Å². The molecule has 0 fully saturated rings. The molecule has 4 rings (SSSR count). The Kier molecular flexibility index (Phi) is 31.2. The number of aromatic nitrogens is 6. The monoisotopic (exact) mass is 1080 g/mol. The Labute approximate surface area is 488 Å². The second kappa shape index (κ2) is 31.9. The first-order chi connectivity index (χ1) is 30.5. The third-order valence-corrected chi connectivity index (χ3v) is 10.7. The zero-order chi connectivity index (χ0) is 48.0. The number of aliphatic hydroxyl groups excluding tert-OH is 3. The number of ether oxygens (including phenoxy) is 1. The number of hydrogen-bond donors (Lipinski definition) is 7. The number of hydrogen-bond acceptors (Lipinski definition) is 28. The van der Waals surface area contributed by atoms with Gasteiger partial charge in [-0.05, 0) is 29.8 Å². The Morgan fingerprint density at radius 3 is 1.78 bits per heavy atom. The van der Waals surface area contributed by atoms with Gasteiger partial charge in [-0.2, -0.15) is 29.9 Å². The fourth-order valence-electron chi connectivity index (χ4n) is 5.13. The van der Waals surface area contributed by atoms with Gasteiger partial charge in [-0.1, -0.05) is 18.2 Å². The summed E-state index contributed by atoms with van der Waals surface area (Å²) in [5.74, 6) is -2.74. The maximum absolute atomic E-state index is 12.5. The molecule has 0 aliphatic heterocycles. The summed E-state index contributed by atoms with van der Waals surface area (Å²) < 4.78 is 138. The van der Waals surface area contributed by atoms with E-state index < -0.39 is 70.8 Å². The molecule has 7 N–H and O–H groups in total. The average molecular weight is 1080 g/mol. The zero-order valence-corrected chi connectivity index (χ0v) is 49.4. The van der Waals surface area contributed by atoms with Crippen LogP contribution in [0.15, 0.2) is 41.3 Å². The van der Waals surface area contributed by atoms with Crippen molar-refractivity contribution in [2.45, 2.75) is 11.0 Å². The molecule has 0 bridgehead atoms. The van der Waals surface area contributed by atoms with Crippen molar-refractivity contribution >= 4 is 101 Å². The summed E-state index contributed by atoms with van der Waals surface area (Å²) in [7, 11) is -11.5. The second-order valence-corrected chi connectivity index (χ2v) is 18.2. The Morgan fingerprint density at radius 1 is 0.710 bits per heavy atom. The van der Waals surface area contributed by atoms with Crippen LogP contribution in [0.25, 0.3) is 12.2 Å². The first-order valence-corrected chi connectivity index (χ1v) is 24.1. The molecule has 2 aromatic carbocycles. The molecule has 28 nitrogen and oxygen atoms in total. The van der Waals surface area contributed by atoms with E-state index in [0.29, 0.717) is 0 Å². The topological polar surface area (TPSA) is 423 Å². The molecular weight excluding hydrogens is 1040 g/mol. The largest absolute Gasteiger partial charge is 1.00 e. The molecule has 0 saturated heterocycles. The number of nitrogens with one attached hydrogen (secondary N) is 4. The Bertz CT molecular complexity index is 2670. The van der Waals surface area contributed by atoms with E-state index in [2.05, 4.69) is 51.2 Å². The fourth-order valence-corrected chi connectivity index (χ4v) is 6.97. The van der Waals surface area contributed by atoms with Crippen LogP contribution in [0.5, 0.6) is 5.75 Å². The van der Waals surface area contributed by atoms with Crippen molar-refractivity contribution in [3.8, 4) is 5.75 Å². The Balaban J connectivity index is 0.0000116. The normalized spacial score (nSPS) is 12.2. The number of aliphatic hydroxyl groups is 3. The number of likely N-dealkylation sites (N-methyl/N-ethyl adjacent to an activating group) is 1. The summed E-state index contributed by atoms with van der Waals surface area (Å²) in [5.41, 5.74) is 0.00325. The van der Waals surface area contributed by atoms with Crippen LogP contribution >= 0.6 is 0 Å². The molecule has 4 aromatic rings. The van der Waals surface area contributed by atoms with Crippen LogP contribution in [0, 0.1) is 0 Å². The van der Waals surface area contributed by atoms with Crippen LogP contribution in [-0.4, -0.2) is 177 Å². The molecule has 0 aliphatic rings. The molecule has 2 atom stereocenters. The van der Waals surface area contributed by atoms with Gasteiger partial charge < -0.3 is 73.5 Å². The fraction of sp³-hybridized carbons (Fsp3) is 0.394. The van der Waals surface area contributed by atoms with Gasteiger partial charge in [-0.15, -0.1) is 0 Å². The smallest absolute Gasteiger partial charge is 0.748 e. The number of benzene rings is 2. The molecule has 2 unspecified atom stereocenters. The minimum Gasteiger partial charge on any atom is -0.748 e. The van der Waals surface area contributed by atoms with Crippen molar-refractivity contribution in [3.63, 3.8) is 0 Å². The minimum absolute atomic E-state index is 0. The number of anilines is 8. The molecule has 0 amide bonds. The van der Waals surface area contributed by atoms with Crippen LogP contribution in [0.3, 0.4) is 0 Å². The molecule has 0 saturated carbocycles. The molecule has 0 radical (unpaired) electrons. The third-order valence-electron chi connectivity index (χ3n) is 8.11. The van der Waals surface area contributed by atoms with E-state index in [4.69, 9.17) is 14.0 Å². The predicted molar refractivity (Wildman–Crippen MR) is 229 cm³/mol. The van der Waals surface area contributed by atoms with Gasteiger partial charge >= 0.3 is 118 Å². The van der Waals surface area contributed by atoms with Crippen LogP contribution < -0.4 is 153 Å². The van der Waals surface area contributed by atoms with Crippen LogP contribution in [0.1, 0.15) is 11.1 Å². The Hall–Kier alpha value is -1.52. The second-order valence-electron chi connectivity index (χ2n) is 13.2. The molecule has 358 valence electrons. The van der Waals surface area contributed by atoms with Crippen molar-refractivity contribution < 1.29 is 190 Å². The molecule has 36 heteroatoms. The van der Waals surface area contributed by atoms with Gasteiger partial charge in [0.2, 0.25) is 35.7 Å². The first-order valence-electron chi connectivity index (χ1n) is 18.5. The first kappa shape index (κ1) is 67.5. The molecule has 69 heavy (non-hydrogen) atoms. The van der Waals surface area contributed by atoms with Crippen LogP contribution in [0.4, 0.5) is 47.1 Å². The van der Waals surface area contributed by atoms with Crippen molar-refractivity contribution in [2.24, 2.45) is 0 Å². The standard InChI is InChI=1S/C33H46N12O16S4.4Na/c1-44(11-16-64(54,55)56)32-41-31(42-33(43-32)45(2)19-25(48)20-47)36-23-7-5-21(26(17-23)61-62(49)50)3-4-22-6-8-24(18-27(22)65(57,58)59)37-30-39-28(34-9-13-60-14-12-46)38-29(40-30)35-10-15-63(51,52)53;;;;/h3-8,17-18,25,46-48H,9-16,19-20H2,1-2H3,(H,49,50)(H,51,52,53)(H,54,55,56)(H,57,58,59)(H,36,41,42,43)(H3,34,35,37,38,39,40);;;;/q;4*+1/p-4. The van der Waals surface area contributed by atoms with Crippen molar-refractivity contribution in [2.75, 3.05) is 109 Å². The molecular formula is C33H42N12Na4O16S4. The van der Waals surface area contributed by atoms with Gasteiger partial charge in [-0.25, -0.2) is 29.5 Å². The minimum atomic E-state index is -5.20. The quantitative estimate of drug-likeness (QED) is 0.00958. The van der Waals surface area contributed by atoms with E-state index in [9.17, 15) is 57.9 Å². The molecule has 0 spiro atoms. The molecule has 0 aliphatic carbocycles. The van der Waals surface area contributed by atoms with Crippen LogP contribution in [0.2, 0.25) is 0 Å². The Morgan fingerprint density at radius 2 is 1.23 bits per heavy atom. The zero-order valence-electron chi connectivity index (χ0n) is 38.1. The van der Waals surface area contributed by atoms with E-state index in [1.54, 1.807) is 0 Å². The SMILES string of the molecule is CN(CCS(=O)(=O)[O-])c1nc(Nc2ccc(C=Cc3ccc(Nc4nc(NCCOCCO)nc(NCCS(=O)(=O)[O-])n4)cc3S(=O)(=O)[O-])c(OS(=O)[O-])c2)nc(N(C)CC(O)CO)n1.[Na+].[Na+].[Na+].[Na+]. The summed E-state index contributed by atoms with van der Waals surface area (Å²) in [6.07, 6.45) is 1.23. The van der Waals surface area contributed by atoms with Crippen LogP contribution in [-0.2, 0) is 46.5 Å². The van der Waals surface area contributed by atoms with Gasteiger partial charge in [0, 0.05) is 63.3 Å². The maximum atomic E-state index is 12.5. The maximum Gasteiger partial charge on any atom is 1.00 e. The summed E-state index contributed by atoms with van der Waals surface area (Å²) in [6, 6.07) is 7.51. The van der Waals surface area contributed by atoms with Crippen molar-refractivity contribution in [1.82, 2.24) is 29.9 Å². The molecule has 2 heterocycles. The van der Waals surface area contributed by atoms with Gasteiger partial charge in [0.15, 0.2) is 0 Å². The summed E-state index contributed by atoms with van der Waals surface area (Å²) >= 11 is -3.14. The third kappa shape index (κ3) is 24.8. The van der Waals surface area contributed by atoms with Gasteiger partial charge in [0.05, 0.1) is 69.2 Å². The number of rotatable bonds is 27.